The third-order valence-electron chi connectivity index (χ3n) is 4.60. The number of nitrogens with one attached hydrogen (secondary N) is 1. The summed E-state index contributed by atoms with van der Waals surface area (Å²) in [6, 6.07) is 20.0. The van der Waals surface area contributed by atoms with Crippen molar-refractivity contribution >= 4 is 33.7 Å². The van der Waals surface area contributed by atoms with Gasteiger partial charge in [0.15, 0.2) is 23.7 Å². The largest absolute Gasteiger partial charge is 0.504 e. The molecule has 8 nitrogen and oxygen atoms in total. The van der Waals surface area contributed by atoms with Gasteiger partial charge < -0.3 is 24.4 Å². The summed E-state index contributed by atoms with van der Waals surface area (Å²) in [7, 11) is 1.41. The summed E-state index contributed by atoms with van der Waals surface area (Å²) in [6.07, 6.45) is -0.785. The fourth-order valence-electron chi connectivity index (χ4n) is 3.04. The average molecular weight is 528 g/mol. The van der Waals surface area contributed by atoms with Crippen molar-refractivity contribution in [2.24, 2.45) is 0 Å². The summed E-state index contributed by atoms with van der Waals surface area (Å²) in [5, 5.41) is 22.1. The molecule has 0 heterocycles. The van der Waals surface area contributed by atoms with Crippen LogP contribution in [0.2, 0.25) is 0 Å². The molecule has 0 aromatic heterocycles. The van der Waals surface area contributed by atoms with Gasteiger partial charge in [0.05, 0.1) is 7.11 Å². The SMILES string of the molecule is COc1ccc([C@H](OC(=O)Nc2ccc(Br)cc2)[C@H](/C=C/C(=O)O)Oc2ccccc2)cc1O. The number of aromatic hydroxyl groups is 1. The first kappa shape index (κ1) is 24.7. The predicted molar refractivity (Wildman–Crippen MR) is 129 cm³/mol. The normalized spacial score (nSPS) is 12.5. The smallest absolute Gasteiger partial charge is 0.412 e. The van der Waals surface area contributed by atoms with Crippen molar-refractivity contribution in [2.75, 3.05) is 12.4 Å². The highest BCUT2D eigenvalue weighted by atomic mass is 79.9. The van der Waals surface area contributed by atoms with Crippen LogP contribution in [-0.4, -0.2) is 35.5 Å². The van der Waals surface area contributed by atoms with Crippen LogP contribution in [0.25, 0.3) is 0 Å². The van der Waals surface area contributed by atoms with Crippen LogP contribution < -0.4 is 14.8 Å². The molecule has 3 rings (SSSR count). The highest BCUT2D eigenvalue weighted by molar-refractivity contribution is 9.10. The van der Waals surface area contributed by atoms with Crippen LogP contribution in [-0.2, 0) is 9.53 Å². The molecule has 0 saturated carbocycles. The molecule has 3 aromatic rings. The lowest BCUT2D eigenvalue weighted by Crippen LogP contribution is -2.29. The number of aliphatic carboxylic acids is 1. The van der Waals surface area contributed by atoms with E-state index in [4.69, 9.17) is 19.3 Å². The number of ether oxygens (including phenoxy) is 3. The van der Waals surface area contributed by atoms with Gasteiger partial charge in [0.25, 0.3) is 0 Å². The molecular formula is C25H22BrNO7. The van der Waals surface area contributed by atoms with Crippen molar-refractivity contribution in [3.8, 4) is 17.2 Å². The number of phenols is 1. The second-order valence-electron chi connectivity index (χ2n) is 6.98. The van der Waals surface area contributed by atoms with E-state index in [2.05, 4.69) is 21.2 Å². The number of phenolic OH excluding ortho intramolecular Hbond substituents is 1. The highest BCUT2D eigenvalue weighted by Crippen LogP contribution is 2.33. The summed E-state index contributed by atoms with van der Waals surface area (Å²) in [5.41, 5.74) is 0.853. The first-order valence-electron chi connectivity index (χ1n) is 10.1. The number of hydrogen-bond acceptors (Lipinski definition) is 6. The molecular weight excluding hydrogens is 506 g/mol. The number of amides is 1. The Morgan fingerprint density at radius 2 is 1.74 bits per heavy atom. The monoisotopic (exact) mass is 527 g/mol. The van der Waals surface area contributed by atoms with E-state index in [0.29, 0.717) is 17.0 Å². The van der Waals surface area contributed by atoms with Crippen LogP contribution in [0.15, 0.2) is 89.4 Å². The zero-order valence-electron chi connectivity index (χ0n) is 18.1. The van der Waals surface area contributed by atoms with Crippen molar-refractivity contribution in [2.45, 2.75) is 12.2 Å². The van der Waals surface area contributed by atoms with Gasteiger partial charge in [-0.1, -0.05) is 40.2 Å². The van der Waals surface area contributed by atoms with Gasteiger partial charge in [-0.2, -0.15) is 0 Å². The van der Waals surface area contributed by atoms with Crippen LogP contribution in [0.3, 0.4) is 0 Å². The standard InChI is InChI=1S/C25H22BrNO7/c1-32-21-12-7-16(15-20(21)28)24(34-25(31)27-18-10-8-17(26)9-11-18)22(13-14-23(29)30)33-19-5-3-2-4-6-19/h2-15,22,24,28H,1H3,(H,27,31)(H,29,30)/b14-13+/t22-,24-/m0/s1. The number of anilines is 1. The first-order chi connectivity index (χ1) is 16.4. The number of para-hydroxylation sites is 1. The van der Waals surface area contributed by atoms with E-state index >= 15 is 0 Å². The topological polar surface area (TPSA) is 114 Å². The minimum absolute atomic E-state index is 0.178. The Hall–Kier alpha value is -3.98. The van der Waals surface area contributed by atoms with Crippen LogP contribution in [0, 0.1) is 0 Å². The number of benzene rings is 3. The van der Waals surface area contributed by atoms with E-state index < -0.39 is 24.3 Å². The Labute approximate surface area is 204 Å². The Bertz CT molecular complexity index is 1150. The molecule has 0 unspecified atom stereocenters. The molecule has 34 heavy (non-hydrogen) atoms. The highest BCUT2D eigenvalue weighted by Gasteiger charge is 2.29. The Balaban J connectivity index is 1.96. The number of carboxylic acid groups (broad SMARTS) is 1. The van der Waals surface area contributed by atoms with Gasteiger partial charge in [-0.15, -0.1) is 0 Å². The Morgan fingerprint density at radius 3 is 2.35 bits per heavy atom. The zero-order valence-corrected chi connectivity index (χ0v) is 19.6. The minimum Gasteiger partial charge on any atom is -0.504 e. The molecule has 3 aromatic carbocycles. The summed E-state index contributed by atoms with van der Waals surface area (Å²) in [5.74, 6) is -0.717. The van der Waals surface area contributed by atoms with Crippen LogP contribution >= 0.6 is 15.9 Å². The van der Waals surface area contributed by atoms with Gasteiger partial charge in [0.1, 0.15) is 5.75 Å². The molecule has 176 valence electrons. The molecule has 1 amide bonds. The van der Waals surface area contributed by atoms with Gasteiger partial charge in [0.2, 0.25) is 0 Å². The van der Waals surface area contributed by atoms with Gasteiger partial charge >= 0.3 is 12.1 Å². The number of carboxylic acids is 1. The van der Waals surface area contributed by atoms with Gasteiger partial charge in [-0.25, -0.2) is 9.59 Å². The number of hydrogen-bond donors (Lipinski definition) is 3. The molecule has 0 spiro atoms. The van der Waals surface area contributed by atoms with Crippen LogP contribution in [0.4, 0.5) is 10.5 Å². The second-order valence-corrected chi connectivity index (χ2v) is 7.90. The Morgan fingerprint density at radius 1 is 1.03 bits per heavy atom. The third kappa shape index (κ3) is 7.01. The zero-order chi connectivity index (χ0) is 24.5. The molecule has 0 fully saturated rings. The molecule has 0 saturated heterocycles. The third-order valence-corrected chi connectivity index (χ3v) is 5.13. The van der Waals surface area contributed by atoms with Gasteiger partial charge in [-0.05, 0) is 54.6 Å². The molecule has 0 aliphatic carbocycles. The summed E-state index contributed by atoms with van der Waals surface area (Å²) < 4.78 is 17.6. The fourth-order valence-corrected chi connectivity index (χ4v) is 3.30. The quantitative estimate of drug-likeness (QED) is 0.313. The maximum Gasteiger partial charge on any atom is 0.412 e. The van der Waals surface area contributed by atoms with Crippen molar-refractivity contribution in [1.29, 1.82) is 0 Å². The van der Waals surface area contributed by atoms with E-state index in [1.807, 2.05) is 0 Å². The van der Waals surface area contributed by atoms with E-state index in [1.165, 1.54) is 25.3 Å². The lowest BCUT2D eigenvalue weighted by molar-refractivity contribution is -0.131. The second kappa shape index (κ2) is 11.8. The van der Waals surface area contributed by atoms with Crippen molar-refractivity contribution < 1.29 is 34.0 Å². The first-order valence-corrected chi connectivity index (χ1v) is 10.9. The van der Waals surface area contributed by atoms with Crippen LogP contribution in [0.5, 0.6) is 17.2 Å². The van der Waals surface area contributed by atoms with Gasteiger partial charge in [-0.3, -0.25) is 5.32 Å². The predicted octanol–water partition coefficient (Wildman–Crippen LogP) is 5.54. The Kier molecular flexibility index (Phi) is 8.53. The van der Waals surface area contributed by atoms with Crippen molar-refractivity contribution in [3.05, 3.63) is 95.0 Å². The number of rotatable bonds is 9. The number of carbonyl (C=O) groups is 2. The maximum absolute atomic E-state index is 12.8. The van der Waals surface area contributed by atoms with Crippen molar-refractivity contribution in [3.63, 3.8) is 0 Å². The number of halogens is 1. The van der Waals surface area contributed by atoms with E-state index in [9.17, 15) is 14.7 Å². The average Bonchev–Trinajstić information content (AvgIpc) is 2.82. The lowest BCUT2D eigenvalue weighted by Gasteiger charge is -2.26. The van der Waals surface area contributed by atoms with E-state index in [1.54, 1.807) is 60.7 Å². The molecule has 0 radical (unpaired) electrons. The van der Waals surface area contributed by atoms with Crippen molar-refractivity contribution in [1.82, 2.24) is 0 Å². The summed E-state index contributed by atoms with van der Waals surface area (Å²) in [4.78, 5) is 24.0. The van der Waals surface area contributed by atoms with E-state index in [-0.39, 0.29) is 11.5 Å². The van der Waals surface area contributed by atoms with Gasteiger partial charge in [0, 0.05) is 21.8 Å². The molecule has 0 aliphatic heterocycles. The molecule has 9 heteroatoms. The molecule has 2 atom stereocenters. The summed E-state index contributed by atoms with van der Waals surface area (Å²) in [6.45, 7) is 0. The van der Waals surface area contributed by atoms with E-state index in [0.717, 1.165) is 10.5 Å². The number of methoxy groups -OCH3 is 1. The maximum atomic E-state index is 12.8. The molecule has 3 N–H and O–H groups in total. The fraction of sp³-hybridized carbons (Fsp3) is 0.120. The number of carbonyl (C=O) groups excluding carboxylic acids is 1. The lowest BCUT2D eigenvalue weighted by atomic mass is 10.0. The summed E-state index contributed by atoms with van der Waals surface area (Å²) >= 11 is 3.33. The molecule has 0 aliphatic rings. The minimum atomic E-state index is -1.20. The van der Waals surface area contributed by atoms with Crippen LogP contribution in [0.1, 0.15) is 11.7 Å². The molecule has 0 bridgehead atoms.